The highest BCUT2D eigenvalue weighted by Crippen LogP contribution is 2.16. The Kier molecular flexibility index (Phi) is 5.90. The molecule has 0 radical (unpaired) electrons. The van der Waals surface area contributed by atoms with Gasteiger partial charge in [0.25, 0.3) is 0 Å². The predicted molar refractivity (Wildman–Crippen MR) is 64.6 cm³/mol. The maximum absolute atomic E-state index is 5.82. The van der Waals surface area contributed by atoms with Crippen molar-refractivity contribution in [3.8, 4) is 5.75 Å². The summed E-state index contributed by atoms with van der Waals surface area (Å²) in [6.45, 7) is 6.11. The molecule has 3 heteroatoms. The second-order valence-corrected chi connectivity index (χ2v) is 3.59. The van der Waals surface area contributed by atoms with Crippen LogP contribution in [0.15, 0.2) is 36.9 Å². The zero-order chi connectivity index (χ0) is 10.9. The van der Waals surface area contributed by atoms with Crippen LogP contribution in [0.25, 0.3) is 0 Å². The van der Waals surface area contributed by atoms with Crippen molar-refractivity contribution in [2.75, 3.05) is 19.7 Å². The number of hydrogen-bond donors (Lipinski definition) is 1. The second-order valence-electron chi connectivity index (χ2n) is 3.15. The first kappa shape index (κ1) is 12.1. The summed E-state index contributed by atoms with van der Waals surface area (Å²) >= 11 is 5.82. The van der Waals surface area contributed by atoms with Crippen LogP contribution >= 0.6 is 11.6 Å². The van der Waals surface area contributed by atoms with E-state index in [2.05, 4.69) is 11.9 Å². The fraction of sp³-hybridized carbons (Fsp3) is 0.333. The fourth-order valence-corrected chi connectivity index (χ4v) is 1.33. The van der Waals surface area contributed by atoms with Gasteiger partial charge in [-0.25, -0.2) is 0 Å². The average Bonchev–Trinajstić information content (AvgIpc) is 2.23. The maximum atomic E-state index is 5.82. The Morgan fingerprint density at radius 2 is 2.33 bits per heavy atom. The van der Waals surface area contributed by atoms with Crippen molar-refractivity contribution in [3.63, 3.8) is 0 Å². The van der Waals surface area contributed by atoms with Crippen LogP contribution in [0.4, 0.5) is 0 Å². The summed E-state index contributed by atoms with van der Waals surface area (Å²) in [7, 11) is 0. The average molecular weight is 226 g/mol. The number of benzene rings is 1. The molecule has 0 saturated carbocycles. The van der Waals surface area contributed by atoms with E-state index in [0.29, 0.717) is 11.6 Å². The molecule has 82 valence electrons. The molecule has 1 rings (SSSR count). The molecule has 0 amide bonds. The van der Waals surface area contributed by atoms with Gasteiger partial charge in [-0.05, 0) is 31.2 Å². The van der Waals surface area contributed by atoms with Crippen LogP contribution in [-0.4, -0.2) is 19.7 Å². The van der Waals surface area contributed by atoms with Crippen molar-refractivity contribution in [2.24, 2.45) is 0 Å². The molecule has 0 fully saturated rings. The van der Waals surface area contributed by atoms with E-state index in [1.54, 1.807) is 0 Å². The molecule has 0 bridgehead atoms. The molecule has 0 heterocycles. The normalized spacial score (nSPS) is 9.93. The summed E-state index contributed by atoms with van der Waals surface area (Å²) in [5.74, 6) is 0.825. The summed E-state index contributed by atoms with van der Waals surface area (Å²) in [5.41, 5.74) is 0. The lowest BCUT2D eigenvalue weighted by Gasteiger charge is -2.06. The molecule has 0 unspecified atom stereocenters. The van der Waals surface area contributed by atoms with Crippen LogP contribution in [0.5, 0.6) is 5.75 Å². The van der Waals surface area contributed by atoms with Crippen molar-refractivity contribution in [2.45, 2.75) is 6.42 Å². The lowest BCUT2D eigenvalue weighted by Crippen LogP contribution is -2.17. The van der Waals surface area contributed by atoms with Crippen LogP contribution in [0.2, 0.25) is 5.02 Å². The summed E-state index contributed by atoms with van der Waals surface area (Å²) in [6, 6.07) is 7.44. The van der Waals surface area contributed by atoms with Gasteiger partial charge in [-0.2, -0.15) is 0 Å². The summed E-state index contributed by atoms with van der Waals surface area (Å²) in [6.07, 6.45) is 2.82. The Morgan fingerprint density at radius 3 is 3.07 bits per heavy atom. The lowest BCUT2D eigenvalue weighted by atomic mass is 10.3. The van der Waals surface area contributed by atoms with Crippen LogP contribution in [0.1, 0.15) is 6.42 Å². The van der Waals surface area contributed by atoms with E-state index in [4.69, 9.17) is 16.3 Å². The molecule has 0 atom stereocenters. The van der Waals surface area contributed by atoms with Gasteiger partial charge in [-0.3, -0.25) is 0 Å². The molecule has 15 heavy (non-hydrogen) atoms. The Balaban J connectivity index is 2.12. The third-order valence-electron chi connectivity index (χ3n) is 1.85. The number of hydrogen-bond acceptors (Lipinski definition) is 2. The van der Waals surface area contributed by atoms with Crippen molar-refractivity contribution < 1.29 is 4.74 Å². The third-order valence-corrected chi connectivity index (χ3v) is 2.09. The highest BCUT2D eigenvalue weighted by atomic mass is 35.5. The Hall–Kier alpha value is -0.990. The molecule has 0 aliphatic rings. The molecule has 0 spiro atoms. The van der Waals surface area contributed by atoms with Crippen LogP contribution in [0.3, 0.4) is 0 Å². The van der Waals surface area contributed by atoms with Crippen LogP contribution < -0.4 is 10.1 Å². The lowest BCUT2D eigenvalue weighted by molar-refractivity contribution is 0.309. The second kappa shape index (κ2) is 7.32. The Morgan fingerprint density at radius 1 is 1.47 bits per heavy atom. The van der Waals surface area contributed by atoms with Gasteiger partial charge >= 0.3 is 0 Å². The first-order valence-corrected chi connectivity index (χ1v) is 5.40. The fourth-order valence-electron chi connectivity index (χ4n) is 1.15. The molecule has 1 aromatic carbocycles. The van der Waals surface area contributed by atoms with E-state index in [-0.39, 0.29) is 0 Å². The van der Waals surface area contributed by atoms with Gasteiger partial charge < -0.3 is 10.1 Å². The molecular formula is C12H16ClNO. The molecule has 1 N–H and O–H groups in total. The molecular weight excluding hydrogens is 210 g/mol. The van der Waals surface area contributed by atoms with E-state index >= 15 is 0 Å². The first-order chi connectivity index (χ1) is 7.33. The minimum Gasteiger partial charge on any atom is -0.493 e. The van der Waals surface area contributed by atoms with Crippen molar-refractivity contribution in [1.29, 1.82) is 0 Å². The minimum atomic E-state index is 0.699. The Bertz CT molecular complexity index is 301. The maximum Gasteiger partial charge on any atom is 0.120 e. The standard InChI is InChI=1S/C12H16ClNO/c1-2-7-14-8-4-9-15-12-6-3-5-11(13)10-12/h2-3,5-6,10,14H,1,4,7-9H2. The highest BCUT2D eigenvalue weighted by molar-refractivity contribution is 6.30. The molecule has 1 aromatic rings. The SMILES string of the molecule is C=CCNCCCOc1cccc(Cl)c1. The van der Waals surface area contributed by atoms with Crippen molar-refractivity contribution >= 4 is 11.6 Å². The zero-order valence-electron chi connectivity index (χ0n) is 8.71. The Labute approximate surface area is 95.9 Å². The molecule has 2 nitrogen and oxygen atoms in total. The highest BCUT2D eigenvalue weighted by Gasteiger charge is 1.94. The number of rotatable bonds is 7. The first-order valence-electron chi connectivity index (χ1n) is 5.03. The van der Waals surface area contributed by atoms with Gasteiger partial charge in [0.15, 0.2) is 0 Å². The van der Waals surface area contributed by atoms with E-state index in [9.17, 15) is 0 Å². The molecule has 0 aromatic heterocycles. The van der Waals surface area contributed by atoms with Gasteiger partial charge in [0.2, 0.25) is 0 Å². The van der Waals surface area contributed by atoms with Crippen molar-refractivity contribution in [1.82, 2.24) is 5.32 Å². The smallest absolute Gasteiger partial charge is 0.120 e. The third kappa shape index (κ3) is 5.45. The van der Waals surface area contributed by atoms with E-state index in [0.717, 1.165) is 25.3 Å². The summed E-state index contributed by atoms with van der Waals surface area (Å²) in [5, 5.41) is 3.91. The van der Waals surface area contributed by atoms with E-state index < -0.39 is 0 Å². The number of ether oxygens (including phenoxy) is 1. The van der Waals surface area contributed by atoms with Gasteiger partial charge in [-0.1, -0.05) is 23.7 Å². The molecule has 0 aliphatic carbocycles. The largest absolute Gasteiger partial charge is 0.493 e. The van der Waals surface area contributed by atoms with Gasteiger partial charge in [0, 0.05) is 11.6 Å². The van der Waals surface area contributed by atoms with Gasteiger partial charge in [-0.15, -0.1) is 6.58 Å². The van der Waals surface area contributed by atoms with Crippen LogP contribution in [0, 0.1) is 0 Å². The van der Waals surface area contributed by atoms with Crippen molar-refractivity contribution in [3.05, 3.63) is 41.9 Å². The summed E-state index contributed by atoms with van der Waals surface area (Å²) < 4.78 is 5.52. The summed E-state index contributed by atoms with van der Waals surface area (Å²) in [4.78, 5) is 0. The quantitative estimate of drug-likeness (QED) is 0.569. The van der Waals surface area contributed by atoms with Gasteiger partial charge in [0.05, 0.1) is 6.61 Å². The predicted octanol–water partition coefficient (Wildman–Crippen LogP) is 2.88. The van der Waals surface area contributed by atoms with Gasteiger partial charge in [0.1, 0.15) is 5.75 Å². The number of nitrogens with one attached hydrogen (secondary N) is 1. The topological polar surface area (TPSA) is 21.3 Å². The van der Waals surface area contributed by atoms with Crippen LogP contribution in [-0.2, 0) is 0 Å². The molecule has 0 aliphatic heterocycles. The zero-order valence-corrected chi connectivity index (χ0v) is 9.46. The monoisotopic (exact) mass is 225 g/mol. The van der Waals surface area contributed by atoms with E-state index in [1.807, 2.05) is 30.3 Å². The van der Waals surface area contributed by atoms with E-state index in [1.165, 1.54) is 0 Å². The molecule has 0 saturated heterocycles. The minimum absolute atomic E-state index is 0.699. The number of halogens is 1.